The number of rotatable bonds is 4. The highest BCUT2D eigenvalue weighted by Gasteiger charge is 2.19. The Morgan fingerprint density at radius 3 is 1.73 bits per heavy atom. The zero-order chi connectivity index (χ0) is 24.6. The van der Waals surface area contributed by atoms with Gasteiger partial charge in [-0.15, -0.1) is 0 Å². The van der Waals surface area contributed by atoms with Crippen molar-refractivity contribution in [3.63, 3.8) is 0 Å². The number of nitrogens with zero attached hydrogens (tertiary/aromatic N) is 4. The van der Waals surface area contributed by atoms with Gasteiger partial charge in [0.2, 0.25) is 0 Å². The molecule has 0 unspecified atom stereocenters. The van der Waals surface area contributed by atoms with Crippen LogP contribution in [0, 0.1) is 0 Å². The molecule has 0 saturated carbocycles. The van der Waals surface area contributed by atoms with Gasteiger partial charge >= 0.3 is 0 Å². The Bertz CT molecular complexity index is 1690. The molecular formula is C33H22N4. The zero-order valence-electron chi connectivity index (χ0n) is 20.0. The number of pyridine rings is 1. The molecule has 4 aromatic carbocycles. The molecule has 2 aromatic heterocycles. The molecule has 0 N–H and O–H groups in total. The summed E-state index contributed by atoms with van der Waals surface area (Å²) in [6, 6.07) is 39.4. The summed E-state index contributed by atoms with van der Waals surface area (Å²) < 4.78 is 0. The van der Waals surface area contributed by atoms with Gasteiger partial charge in [0, 0.05) is 28.5 Å². The molecule has 6 aromatic rings. The molecule has 7 rings (SSSR count). The maximum absolute atomic E-state index is 4.87. The summed E-state index contributed by atoms with van der Waals surface area (Å²) in [7, 11) is 0. The third-order valence-electron chi connectivity index (χ3n) is 6.81. The van der Waals surface area contributed by atoms with E-state index in [0.717, 1.165) is 34.4 Å². The molecule has 0 spiro atoms. The summed E-state index contributed by atoms with van der Waals surface area (Å²) >= 11 is 0. The van der Waals surface area contributed by atoms with E-state index >= 15 is 0 Å². The number of hydrogen-bond acceptors (Lipinski definition) is 4. The van der Waals surface area contributed by atoms with Gasteiger partial charge in [-0.2, -0.15) is 0 Å². The largest absolute Gasteiger partial charge is 0.256 e. The molecule has 0 aliphatic heterocycles. The third-order valence-corrected chi connectivity index (χ3v) is 6.81. The van der Waals surface area contributed by atoms with Crippen LogP contribution in [0.15, 0.2) is 121 Å². The summed E-state index contributed by atoms with van der Waals surface area (Å²) in [4.78, 5) is 19.2. The molecule has 0 bridgehead atoms. The highest BCUT2D eigenvalue weighted by atomic mass is 15.0. The highest BCUT2D eigenvalue weighted by Crippen LogP contribution is 2.38. The van der Waals surface area contributed by atoms with Crippen molar-refractivity contribution in [3.8, 4) is 56.5 Å². The predicted molar refractivity (Wildman–Crippen MR) is 148 cm³/mol. The van der Waals surface area contributed by atoms with E-state index in [1.807, 2.05) is 72.9 Å². The first kappa shape index (κ1) is 21.3. The summed E-state index contributed by atoms with van der Waals surface area (Å²) in [5.41, 5.74) is 10.2. The molecule has 2 heterocycles. The molecule has 0 fully saturated rings. The minimum Gasteiger partial charge on any atom is -0.256 e. The normalized spacial score (nSPS) is 11.7. The minimum atomic E-state index is 0.630. The van der Waals surface area contributed by atoms with E-state index in [9.17, 15) is 0 Å². The fraction of sp³-hybridized carbons (Fsp3) is 0.0303. The van der Waals surface area contributed by atoms with Crippen LogP contribution < -0.4 is 0 Å². The summed E-state index contributed by atoms with van der Waals surface area (Å²) in [5, 5.41) is 0. The van der Waals surface area contributed by atoms with Gasteiger partial charge in [-0.3, -0.25) is 4.98 Å². The zero-order valence-corrected chi connectivity index (χ0v) is 20.0. The van der Waals surface area contributed by atoms with Crippen molar-refractivity contribution < 1.29 is 0 Å². The van der Waals surface area contributed by atoms with Crippen LogP contribution >= 0.6 is 0 Å². The number of hydrogen-bond donors (Lipinski definition) is 0. The van der Waals surface area contributed by atoms with Gasteiger partial charge in [0.05, 0.1) is 5.69 Å². The van der Waals surface area contributed by atoms with Crippen LogP contribution in [0.4, 0.5) is 0 Å². The third kappa shape index (κ3) is 3.99. The van der Waals surface area contributed by atoms with Gasteiger partial charge in [0.15, 0.2) is 17.5 Å². The van der Waals surface area contributed by atoms with Crippen molar-refractivity contribution in [2.75, 3.05) is 0 Å². The lowest BCUT2D eigenvalue weighted by Gasteiger charge is -2.10. The van der Waals surface area contributed by atoms with Gasteiger partial charge in [-0.05, 0) is 46.9 Å². The van der Waals surface area contributed by atoms with E-state index < -0.39 is 0 Å². The first-order chi connectivity index (χ1) is 18.3. The van der Waals surface area contributed by atoms with Crippen LogP contribution in [0.2, 0.25) is 0 Å². The standard InChI is InChI=1S/C33H22N4/c1-3-9-22(10-4-1)31-35-32(23-11-5-2-6-12-23)37-33(36-31)26-17-18-34-30(21-26)25-15-16-29-27(20-25)19-24-13-7-8-14-28(24)29/h1-18,20-21H,19H2. The number of aromatic nitrogens is 4. The van der Waals surface area contributed by atoms with Crippen LogP contribution in [0.25, 0.3) is 56.5 Å². The highest BCUT2D eigenvalue weighted by molar-refractivity contribution is 5.80. The van der Waals surface area contributed by atoms with E-state index in [2.05, 4.69) is 48.5 Å². The van der Waals surface area contributed by atoms with Gasteiger partial charge in [0.25, 0.3) is 0 Å². The van der Waals surface area contributed by atoms with Gasteiger partial charge < -0.3 is 0 Å². The second-order valence-electron chi connectivity index (χ2n) is 9.17. The van der Waals surface area contributed by atoms with E-state index in [4.69, 9.17) is 19.9 Å². The Morgan fingerprint density at radius 1 is 0.432 bits per heavy atom. The van der Waals surface area contributed by atoms with E-state index in [-0.39, 0.29) is 0 Å². The SMILES string of the molecule is c1ccc(-c2nc(-c3ccccc3)nc(-c3ccnc(-c4ccc5c(c4)Cc4ccccc4-5)c3)n2)cc1. The lowest BCUT2D eigenvalue weighted by molar-refractivity contribution is 1.07. The quantitative estimate of drug-likeness (QED) is 0.265. The van der Waals surface area contributed by atoms with Crippen molar-refractivity contribution in [3.05, 3.63) is 133 Å². The van der Waals surface area contributed by atoms with E-state index in [0.29, 0.717) is 17.5 Å². The summed E-state index contributed by atoms with van der Waals surface area (Å²) in [5.74, 6) is 1.93. The molecule has 1 aliphatic carbocycles. The van der Waals surface area contributed by atoms with Gasteiger partial charge in [0.1, 0.15) is 0 Å². The second-order valence-corrected chi connectivity index (χ2v) is 9.17. The van der Waals surface area contributed by atoms with Crippen molar-refractivity contribution in [2.45, 2.75) is 6.42 Å². The number of fused-ring (bicyclic) bond motifs is 3. The second kappa shape index (κ2) is 8.92. The summed E-state index contributed by atoms with van der Waals surface area (Å²) in [6.07, 6.45) is 2.79. The first-order valence-electron chi connectivity index (χ1n) is 12.4. The van der Waals surface area contributed by atoms with Crippen LogP contribution in [0.3, 0.4) is 0 Å². The average Bonchev–Trinajstić information content (AvgIpc) is 3.36. The Kier molecular flexibility index (Phi) is 5.14. The van der Waals surface area contributed by atoms with Crippen LogP contribution in [-0.4, -0.2) is 19.9 Å². The van der Waals surface area contributed by atoms with Gasteiger partial charge in [-0.25, -0.2) is 15.0 Å². The monoisotopic (exact) mass is 474 g/mol. The van der Waals surface area contributed by atoms with Crippen LogP contribution in [0.5, 0.6) is 0 Å². The van der Waals surface area contributed by atoms with Crippen LogP contribution in [-0.2, 0) is 6.42 Å². The molecule has 4 heteroatoms. The van der Waals surface area contributed by atoms with E-state index in [1.165, 1.54) is 22.3 Å². The predicted octanol–water partition coefficient (Wildman–Crippen LogP) is 7.51. The molecule has 174 valence electrons. The van der Waals surface area contributed by atoms with Crippen molar-refractivity contribution in [1.29, 1.82) is 0 Å². The van der Waals surface area contributed by atoms with Gasteiger partial charge in [-0.1, -0.05) is 97.1 Å². The van der Waals surface area contributed by atoms with Crippen molar-refractivity contribution in [1.82, 2.24) is 19.9 Å². The maximum Gasteiger partial charge on any atom is 0.164 e. The number of benzene rings is 4. The minimum absolute atomic E-state index is 0.630. The smallest absolute Gasteiger partial charge is 0.164 e. The molecule has 1 aliphatic rings. The Labute approximate surface area is 215 Å². The molecule has 4 nitrogen and oxygen atoms in total. The van der Waals surface area contributed by atoms with E-state index in [1.54, 1.807) is 0 Å². The Hall–Kier alpha value is -4.96. The fourth-order valence-electron chi connectivity index (χ4n) is 4.97. The van der Waals surface area contributed by atoms with Crippen molar-refractivity contribution in [2.24, 2.45) is 0 Å². The summed E-state index contributed by atoms with van der Waals surface area (Å²) in [6.45, 7) is 0. The average molecular weight is 475 g/mol. The molecule has 0 saturated heterocycles. The fourth-order valence-corrected chi connectivity index (χ4v) is 4.97. The first-order valence-corrected chi connectivity index (χ1v) is 12.4. The molecule has 0 atom stereocenters. The Balaban J connectivity index is 1.32. The topological polar surface area (TPSA) is 51.6 Å². The lowest BCUT2D eigenvalue weighted by atomic mass is 10.0. The Morgan fingerprint density at radius 2 is 1.03 bits per heavy atom. The maximum atomic E-state index is 4.87. The van der Waals surface area contributed by atoms with Crippen molar-refractivity contribution >= 4 is 0 Å². The molecule has 0 radical (unpaired) electrons. The molecule has 37 heavy (non-hydrogen) atoms. The molecular weight excluding hydrogens is 452 g/mol. The molecule has 0 amide bonds. The lowest BCUT2D eigenvalue weighted by Crippen LogP contribution is -2.00. The van der Waals surface area contributed by atoms with Crippen LogP contribution in [0.1, 0.15) is 11.1 Å².